The first-order valence-corrected chi connectivity index (χ1v) is 11.1. The van der Waals surface area contributed by atoms with E-state index in [-0.39, 0.29) is 23.9 Å². The predicted molar refractivity (Wildman–Crippen MR) is 116 cm³/mol. The van der Waals surface area contributed by atoms with Gasteiger partial charge in [-0.3, -0.25) is 5.32 Å². The number of carbonyl (C=O) groups is 1. The highest BCUT2D eigenvalue weighted by atomic mass is 32.2. The Kier molecular flexibility index (Phi) is 7.09. The number of hydrogen-bond acceptors (Lipinski definition) is 8. The van der Waals surface area contributed by atoms with E-state index in [1.807, 2.05) is 0 Å². The van der Waals surface area contributed by atoms with Gasteiger partial charge in [0.05, 0.1) is 12.4 Å². The first-order chi connectivity index (χ1) is 14.2. The molecule has 0 aromatic carbocycles. The molecule has 2 rings (SSSR count). The van der Waals surface area contributed by atoms with Crippen LogP contribution >= 0.6 is 0 Å². The topological polar surface area (TPSA) is 140 Å². The lowest BCUT2D eigenvalue weighted by atomic mass is 9.98. The minimum absolute atomic E-state index is 0.0140. The monoisotopic (exact) mass is 455 g/mol. The molecule has 1 N–H and O–H groups in total. The third kappa shape index (κ3) is 8.00. The smallest absolute Gasteiger partial charge is 0.412 e. The van der Waals surface area contributed by atoms with Crippen molar-refractivity contribution in [1.29, 1.82) is 0 Å². The molecule has 0 radical (unpaired) electrons. The number of ether oxygens (including phenoxy) is 2. The van der Waals surface area contributed by atoms with E-state index < -0.39 is 27.1 Å². The van der Waals surface area contributed by atoms with Gasteiger partial charge in [0.1, 0.15) is 24.0 Å². The molecule has 0 saturated heterocycles. The van der Waals surface area contributed by atoms with Crippen molar-refractivity contribution in [2.45, 2.75) is 40.2 Å². The van der Waals surface area contributed by atoms with Gasteiger partial charge in [-0.1, -0.05) is 13.8 Å². The molecule has 12 nitrogen and oxygen atoms in total. The fourth-order valence-electron chi connectivity index (χ4n) is 2.36. The largest absolute Gasteiger partial charge is 0.475 e. The van der Waals surface area contributed by atoms with Crippen molar-refractivity contribution >= 4 is 33.8 Å². The molecule has 0 fully saturated rings. The van der Waals surface area contributed by atoms with Crippen molar-refractivity contribution in [3.05, 3.63) is 12.4 Å². The van der Waals surface area contributed by atoms with Crippen molar-refractivity contribution in [3.63, 3.8) is 0 Å². The number of hydrogen-bond donors (Lipinski definition) is 1. The van der Waals surface area contributed by atoms with Crippen molar-refractivity contribution in [2.75, 3.05) is 31.8 Å². The summed E-state index contributed by atoms with van der Waals surface area (Å²) in [6.45, 7) is 8.67. The van der Waals surface area contributed by atoms with Crippen LogP contribution in [0, 0.1) is 5.41 Å². The van der Waals surface area contributed by atoms with Gasteiger partial charge in [-0.05, 0) is 20.8 Å². The van der Waals surface area contributed by atoms with Crippen molar-refractivity contribution in [3.8, 4) is 5.88 Å². The molecule has 0 saturated carbocycles. The molecule has 31 heavy (non-hydrogen) atoms. The van der Waals surface area contributed by atoms with E-state index >= 15 is 0 Å². The van der Waals surface area contributed by atoms with Crippen LogP contribution in [0.15, 0.2) is 16.8 Å². The van der Waals surface area contributed by atoms with Gasteiger partial charge in [-0.15, -0.1) is 14.8 Å². The maximum absolute atomic E-state index is 12.3. The molecule has 172 valence electrons. The third-order valence-corrected chi connectivity index (χ3v) is 5.05. The molecule has 0 aliphatic heterocycles. The quantitative estimate of drug-likeness (QED) is 0.466. The van der Waals surface area contributed by atoms with Crippen molar-refractivity contribution in [1.82, 2.24) is 24.7 Å². The second-order valence-corrected chi connectivity index (χ2v) is 10.6. The Morgan fingerprint density at radius 1 is 1.29 bits per heavy atom. The fourth-order valence-corrected chi connectivity index (χ4v) is 3.84. The van der Waals surface area contributed by atoms with Crippen LogP contribution in [0.25, 0.3) is 5.65 Å². The highest BCUT2D eigenvalue weighted by Crippen LogP contribution is 2.27. The summed E-state index contributed by atoms with van der Waals surface area (Å²) in [6, 6.07) is 1.53. The summed E-state index contributed by atoms with van der Waals surface area (Å²) >= 11 is 0. The van der Waals surface area contributed by atoms with Crippen LogP contribution in [0.3, 0.4) is 0 Å². The normalized spacial score (nSPS) is 12.9. The Balaban J connectivity index is 2.20. The number of nitrogens with one attached hydrogen (secondary N) is 1. The molecular formula is C18H29N7O5S. The highest BCUT2D eigenvalue weighted by Gasteiger charge is 2.28. The van der Waals surface area contributed by atoms with Gasteiger partial charge in [0, 0.05) is 25.6 Å². The Labute approximate surface area is 181 Å². The van der Waals surface area contributed by atoms with Crippen LogP contribution in [0.2, 0.25) is 0 Å². The van der Waals surface area contributed by atoms with E-state index in [1.165, 1.54) is 28.3 Å². The first kappa shape index (κ1) is 24.3. The number of carbonyl (C=O) groups excluding carboxylic acids is 1. The van der Waals surface area contributed by atoms with Crippen LogP contribution in [-0.4, -0.2) is 77.6 Å². The summed E-state index contributed by atoms with van der Waals surface area (Å²) in [5, 5.41) is 10.8. The average Bonchev–Trinajstić information content (AvgIpc) is 3.02. The summed E-state index contributed by atoms with van der Waals surface area (Å²) in [5.41, 5.74) is -0.886. The van der Waals surface area contributed by atoms with Gasteiger partial charge in [0.25, 0.3) is 15.9 Å². The summed E-state index contributed by atoms with van der Waals surface area (Å²) in [4.78, 5) is 17.8. The van der Waals surface area contributed by atoms with Gasteiger partial charge in [0.15, 0.2) is 5.65 Å². The van der Waals surface area contributed by atoms with Gasteiger partial charge < -0.3 is 14.4 Å². The van der Waals surface area contributed by atoms with E-state index in [0.29, 0.717) is 5.65 Å². The van der Waals surface area contributed by atoms with E-state index in [9.17, 15) is 13.2 Å². The maximum Gasteiger partial charge on any atom is 0.412 e. The number of rotatable bonds is 8. The van der Waals surface area contributed by atoms with Crippen LogP contribution in [0.5, 0.6) is 5.88 Å². The molecule has 2 heterocycles. The van der Waals surface area contributed by atoms with Crippen molar-refractivity contribution < 1.29 is 22.7 Å². The van der Waals surface area contributed by atoms with Gasteiger partial charge in [-0.2, -0.15) is 4.40 Å². The predicted octanol–water partition coefficient (Wildman–Crippen LogP) is 1.80. The second-order valence-electron chi connectivity index (χ2n) is 8.96. The molecular weight excluding hydrogens is 426 g/mol. The van der Waals surface area contributed by atoms with Gasteiger partial charge >= 0.3 is 6.09 Å². The molecule has 0 atom stereocenters. The molecule has 0 bridgehead atoms. The van der Waals surface area contributed by atoms with Gasteiger partial charge in [-0.25, -0.2) is 18.2 Å². The minimum atomic E-state index is -3.70. The van der Waals surface area contributed by atoms with E-state index in [0.717, 1.165) is 0 Å². The molecule has 0 aliphatic rings. The molecule has 1 amide bonds. The SMILES string of the molecule is CN(C)/C=N/S(=O)(=O)CC(C)(C)COc1nn2ncnc2cc1NC(=O)OC(C)(C)C. The lowest BCUT2D eigenvalue weighted by Crippen LogP contribution is -2.31. The number of anilines is 1. The second kappa shape index (κ2) is 9.04. The standard InChI is InChI=1S/C18H29N7O5S/c1-17(2,3)30-16(26)22-13-8-14-19-11-20-25(14)23-15(13)29-9-18(4,5)10-31(27,28)21-12-24(6)7/h8,11-12H,9-10H2,1-7H3,(H,22,26)/b21-12+. The average molecular weight is 456 g/mol. The Bertz CT molecular complexity index is 1050. The van der Waals surface area contributed by atoms with Gasteiger partial charge in [0.2, 0.25) is 0 Å². The summed E-state index contributed by atoms with van der Waals surface area (Å²) in [7, 11) is -0.346. The molecule has 13 heteroatoms. The zero-order valence-electron chi connectivity index (χ0n) is 18.8. The zero-order chi connectivity index (χ0) is 23.4. The fraction of sp³-hybridized carbons (Fsp3) is 0.611. The molecule has 0 unspecified atom stereocenters. The summed E-state index contributed by atoms with van der Waals surface area (Å²) < 4.78 is 40.4. The number of fused-ring (bicyclic) bond motifs is 1. The Morgan fingerprint density at radius 2 is 1.97 bits per heavy atom. The molecule has 2 aromatic rings. The minimum Gasteiger partial charge on any atom is -0.475 e. The van der Waals surface area contributed by atoms with E-state index in [4.69, 9.17) is 9.47 Å². The Morgan fingerprint density at radius 3 is 2.58 bits per heavy atom. The summed E-state index contributed by atoms with van der Waals surface area (Å²) in [6.07, 6.45) is 1.85. The Hall–Kier alpha value is -2.96. The maximum atomic E-state index is 12.3. The van der Waals surface area contributed by atoms with Crippen LogP contribution in [0.4, 0.5) is 10.5 Å². The van der Waals surface area contributed by atoms with Crippen molar-refractivity contribution in [2.24, 2.45) is 9.81 Å². The van der Waals surface area contributed by atoms with E-state index in [2.05, 4.69) is 24.9 Å². The van der Waals surface area contributed by atoms with Crippen LogP contribution in [-0.2, 0) is 14.8 Å². The molecule has 0 spiro atoms. The highest BCUT2D eigenvalue weighted by molar-refractivity contribution is 7.90. The third-order valence-electron chi connectivity index (χ3n) is 3.49. The molecule has 2 aromatic heterocycles. The number of sulfonamides is 1. The zero-order valence-corrected chi connectivity index (χ0v) is 19.6. The first-order valence-electron chi connectivity index (χ1n) is 9.44. The summed E-state index contributed by atoms with van der Waals surface area (Å²) in [5.74, 6) is -0.198. The van der Waals surface area contributed by atoms with Crippen LogP contribution < -0.4 is 10.1 Å². The number of aromatic nitrogens is 4. The lowest BCUT2D eigenvalue weighted by molar-refractivity contribution is 0.0635. The number of amides is 1. The molecule has 0 aliphatic carbocycles. The number of nitrogens with zero attached hydrogens (tertiary/aromatic N) is 6. The van der Waals surface area contributed by atoms with Crippen LogP contribution in [0.1, 0.15) is 34.6 Å². The lowest BCUT2D eigenvalue weighted by Gasteiger charge is -2.24. The van der Waals surface area contributed by atoms with E-state index in [1.54, 1.807) is 48.7 Å².